The van der Waals surface area contributed by atoms with Gasteiger partial charge >= 0.3 is 0 Å². The molecule has 0 fully saturated rings. The van der Waals surface area contributed by atoms with E-state index in [1.165, 1.54) is 4.88 Å². The Hall–Kier alpha value is -1.13. The SMILES string of the molecule is CNCCc1cn(Cc2cccs2)cn1. The van der Waals surface area contributed by atoms with Crippen LogP contribution in [0, 0.1) is 0 Å². The molecule has 0 radical (unpaired) electrons. The Morgan fingerprint density at radius 2 is 2.47 bits per heavy atom. The minimum absolute atomic E-state index is 0.935. The maximum atomic E-state index is 4.36. The van der Waals surface area contributed by atoms with Crippen molar-refractivity contribution in [2.75, 3.05) is 13.6 Å². The van der Waals surface area contributed by atoms with Crippen LogP contribution in [0.5, 0.6) is 0 Å². The Kier molecular flexibility index (Phi) is 3.53. The first-order chi connectivity index (χ1) is 7.38. The van der Waals surface area contributed by atoms with Gasteiger partial charge in [0.2, 0.25) is 0 Å². The normalized spacial score (nSPS) is 10.7. The molecule has 3 nitrogen and oxygen atoms in total. The van der Waals surface area contributed by atoms with Crippen LogP contribution in [0.1, 0.15) is 10.6 Å². The van der Waals surface area contributed by atoms with Gasteiger partial charge in [0.1, 0.15) is 0 Å². The molecule has 0 saturated carbocycles. The Morgan fingerprint density at radius 3 is 3.20 bits per heavy atom. The number of likely N-dealkylation sites (N-methyl/N-ethyl adjacent to an activating group) is 1. The van der Waals surface area contributed by atoms with Gasteiger partial charge in [-0.1, -0.05) is 6.07 Å². The monoisotopic (exact) mass is 221 g/mol. The van der Waals surface area contributed by atoms with E-state index in [1.54, 1.807) is 11.3 Å². The maximum Gasteiger partial charge on any atom is 0.0952 e. The van der Waals surface area contributed by atoms with Crippen LogP contribution < -0.4 is 5.32 Å². The van der Waals surface area contributed by atoms with E-state index < -0.39 is 0 Å². The van der Waals surface area contributed by atoms with Crippen molar-refractivity contribution < 1.29 is 0 Å². The van der Waals surface area contributed by atoms with E-state index in [4.69, 9.17) is 0 Å². The summed E-state index contributed by atoms with van der Waals surface area (Å²) in [6, 6.07) is 4.23. The Morgan fingerprint density at radius 1 is 1.53 bits per heavy atom. The summed E-state index contributed by atoms with van der Waals surface area (Å²) >= 11 is 1.78. The van der Waals surface area contributed by atoms with Crippen molar-refractivity contribution in [3.05, 3.63) is 40.6 Å². The molecule has 0 aliphatic heterocycles. The van der Waals surface area contributed by atoms with Gasteiger partial charge < -0.3 is 9.88 Å². The summed E-state index contributed by atoms with van der Waals surface area (Å²) in [4.78, 5) is 5.73. The lowest BCUT2D eigenvalue weighted by molar-refractivity contribution is 0.775. The van der Waals surface area contributed by atoms with Gasteiger partial charge in [-0.05, 0) is 18.5 Å². The second-order valence-corrected chi connectivity index (χ2v) is 4.50. The molecule has 2 rings (SSSR count). The average molecular weight is 221 g/mol. The van der Waals surface area contributed by atoms with Crippen LogP contribution >= 0.6 is 11.3 Å². The lowest BCUT2D eigenvalue weighted by Crippen LogP contribution is -2.10. The molecular formula is C11H15N3S. The molecule has 0 saturated heterocycles. The van der Waals surface area contributed by atoms with Crippen LogP contribution in [0.15, 0.2) is 30.0 Å². The number of nitrogens with one attached hydrogen (secondary N) is 1. The molecule has 0 bridgehead atoms. The van der Waals surface area contributed by atoms with Gasteiger partial charge in [-0.2, -0.15) is 0 Å². The highest BCUT2D eigenvalue weighted by molar-refractivity contribution is 7.09. The molecule has 4 heteroatoms. The summed E-state index contributed by atoms with van der Waals surface area (Å²) < 4.78 is 2.14. The van der Waals surface area contributed by atoms with Gasteiger partial charge in [0.15, 0.2) is 0 Å². The molecule has 0 aliphatic rings. The van der Waals surface area contributed by atoms with Crippen LogP contribution in [-0.2, 0) is 13.0 Å². The average Bonchev–Trinajstić information content (AvgIpc) is 2.87. The number of hydrogen-bond donors (Lipinski definition) is 1. The number of hydrogen-bond acceptors (Lipinski definition) is 3. The zero-order valence-electron chi connectivity index (χ0n) is 8.81. The number of aromatic nitrogens is 2. The maximum absolute atomic E-state index is 4.36. The summed E-state index contributed by atoms with van der Waals surface area (Å²) in [5, 5.41) is 5.23. The summed E-state index contributed by atoms with van der Waals surface area (Å²) in [5.41, 5.74) is 1.15. The second-order valence-electron chi connectivity index (χ2n) is 3.47. The van der Waals surface area contributed by atoms with Crippen molar-refractivity contribution in [3.63, 3.8) is 0 Å². The van der Waals surface area contributed by atoms with Crippen molar-refractivity contribution in [2.45, 2.75) is 13.0 Å². The third-order valence-corrected chi connectivity index (χ3v) is 3.10. The Balaban J connectivity index is 1.95. The molecular weight excluding hydrogens is 206 g/mol. The molecule has 2 heterocycles. The molecule has 2 aromatic heterocycles. The predicted molar refractivity (Wildman–Crippen MR) is 63.3 cm³/mol. The number of imidazole rings is 1. The standard InChI is InChI=1S/C11H15N3S/c1-12-5-4-10-7-14(9-13-10)8-11-3-2-6-15-11/h2-3,6-7,9,12H,4-5,8H2,1H3. The smallest absolute Gasteiger partial charge is 0.0952 e. The minimum atomic E-state index is 0.935. The fourth-order valence-electron chi connectivity index (χ4n) is 1.46. The lowest BCUT2D eigenvalue weighted by Gasteiger charge is -1.97. The van der Waals surface area contributed by atoms with Crippen molar-refractivity contribution >= 4 is 11.3 Å². The highest BCUT2D eigenvalue weighted by atomic mass is 32.1. The van der Waals surface area contributed by atoms with Gasteiger partial charge in [0, 0.05) is 24.0 Å². The van der Waals surface area contributed by atoms with Crippen LogP contribution in [0.4, 0.5) is 0 Å². The van der Waals surface area contributed by atoms with Crippen LogP contribution in [0.2, 0.25) is 0 Å². The predicted octanol–water partition coefficient (Wildman–Crippen LogP) is 1.75. The third kappa shape index (κ3) is 2.91. The van der Waals surface area contributed by atoms with E-state index in [-0.39, 0.29) is 0 Å². The fraction of sp³-hybridized carbons (Fsp3) is 0.364. The Labute approximate surface area is 93.8 Å². The van der Waals surface area contributed by atoms with Gasteiger partial charge in [-0.15, -0.1) is 11.3 Å². The van der Waals surface area contributed by atoms with Crippen LogP contribution in [0.25, 0.3) is 0 Å². The Bertz CT molecular complexity index is 392. The van der Waals surface area contributed by atoms with Crippen molar-refractivity contribution in [1.82, 2.24) is 14.9 Å². The molecule has 0 aromatic carbocycles. The molecule has 2 aromatic rings. The topological polar surface area (TPSA) is 29.9 Å². The fourth-order valence-corrected chi connectivity index (χ4v) is 2.17. The lowest BCUT2D eigenvalue weighted by atomic mass is 10.3. The summed E-state index contributed by atoms with van der Waals surface area (Å²) in [5.74, 6) is 0. The first-order valence-electron chi connectivity index (χ1n) is 5.06. The van der Waals surface area contributed by atoms with E-state index in [1.807, 2.05) is 13.4 Å². The van der Waals surface area contributed by atoms with Crippen molar-refractivity contribution in [2.24, 2.45) is 0 Å². The van der Waals surface area contributed by atoms with Gasteiger partial charge in [-0.3, -0.25) is 0 Å². The molecule has 15 heavy (non-hydrogen) atoms. The minimum Gasteiger partial charge on any atom is -0.332 e. The highest BCUT2D eigenvalue weighted by Crippen LogP contribution is 2.10. The number of rotatable bonds is 5. The number of nitrogens with zero attached hydrogens (tertiary/aromatic N) is 2. The molecule has 0 spiro atoms. The van der Waals surface area contributed by atoms with E-state index in [9.17, 15) is 0 Å². The van der Waals surface area contributed by atoms with E-state index >= 15 is 0 Å². The van der Waals surface area contributed by atoms with E-state index in [0.29, 0.717) is 0 Å². The molecule has 0 aliphatic carbocycles. The zero-order valence-corrected chi connectivity index (χ0v) is 9.63. The molecule has 0 unspecified atom stereocenters. The third-order valence-electron chi connectivity index (χ3n) is 2.24. The van der Waals surface area contributed by atoms with Gasteiger partial charge in [0.05, 0.1) is 18.6 Å². The quantitative estimate of drug-likeness (QED) is 0.833. The molecule has 0 amide bonds. The second kappa shape index (κ2) is 5.09. The first-order valence-corrected chi connectivity index (χ1v) is 5.94. The number of thiophene rings is 1. The van der Waals surface area contributed by atoms with Gasteiger partial charge in [0.25, 0.3) is 0 Å². The first kappa shape index (κ1) is 10.4. The molecule has 80 valence electrons. The van der Waals surface area contributed by atoms with Crippen molar-refractivity contribution in [3.8, 4) is 0 Å². The van der Waals surface area contributed by atoms with Crippen LogP contribution in [0.3, 0.4) is 0 Å². The summed E-state index contributed by atoms with van der Waals surface area (Å²) in [7, 11) is 1.96. The van der Waals surface area contributed by atoms with Crippen molar-refractivity contribution in [1.29, 1.82) is 0 Å². The molecule has 1 N–H and O–H groups in total. The van der Waals surface area contributed by atoms with Gasteiger partial charge in [-0.25, -0.2) is 4.98 Å². The summed E-state index contributed by atoms with van der Waals surface area (Å²) in [6.45, 7) is 1.92. The zero-order chi connectivity index (χ0) is 10.5. The largest absolute Gasteiger partial charge is 0.332 e. The summed E-state index contributed by atoms with van der Waals surface area (Å²) in [6.07, 6.45) is 5.02. The van der Waals surface area contributed by atoms with E-state index in [0.717, 1.165) is 25.2 Å². The molecule has 0 atom stereocenters. The highest BCUT2D eigenvalue weighted by Gasteiger charge is 1.99. The van der Waals surface area contributed by atoms with E-state index in [2.05, 4.69) is 38.6 Å². The van der Waals surface area contributed by atoms with Crippen LogP contribution in [-0.4, -0.2) is 23.1 Å².